The fourth-order valence-electron chi connectivity index (χ4n) is 1.32. The summed E-state index contributed by atoms with van der Waals surface area (Å²) in [6, 6.07) is -0.982. The van der Waals surface area contributed by atoms with E-state index in [0.29, 0.717) is 12.0 Å². The van der Waals surface area contributed by atoms with Gasteiger partial charge in [0.25, 0.3) is 0 Å². The zero-order valence-corrected chi connectivity index (χ0v) is 9.55. The van der Waals surface area contributed by atoms with Crippen molar-refractivity contribution >= 4 is 5.91 Å². The van der Waals surface area contributed by atoms with E-state index in [1.165, 1.54) is 0 Å². The Kier molecular flexibility index (Phi) is 4.45. The molecule has 90 valence electrons. The third kappa shape index (κ3) is 3.04. The first-order chi connectivity index (χ1) is 7.58. The van der Waals surface area contributed by atoms with E-state index in [-0.39, 0.29) is 18.6 Å². The fourth-order valence-corrected chi connectivity index (χ4v) is 1.32. The van der Waals surface area contributed by atoms with Gasteiger partial charge in [-0.1, -0.05) is 6.92 Å². The van der Waals surface area contributed by atoms with Gasteiger partial charge in [0, 0.05) is 18.8 Å². The molecule has 6 nitrogen and oxygen atoms in total. The number of nitrogens with zero attached hydrogens (tertiary/aromatic N) is 2. The summed E-state index contributed by atoms with van der Waals surface area (Å²) in [6.07, 6.45) is 3.93. The summed E-state index contributed by atoms with van der Waals surface area (Å²) in [7, 11) is 1.76. The minimum Gasteiger partial charge on any atom is -0.394 e. The number of aliphatic hydroxyl groups excluding tert-OH is 1. The standard InChI is InChI=1S/C10H18N4O2/c1-3-8(6-15)13-10(16)9(11)7-4-12-14(2)5-7/h4-5,8-9,15H,3,6,11H2,1-2H3,(H,13,16)/t8-,9?/m1/s1. The van der Waals surface area contributed by atoms with E-state index in [9.17, 15) is 4.79 Å². The highest BCUT2D eigenvalue weighted by atomic mass is 16.3. The van der Waals surface area contributed by atoms with Crippen molar-refractivity contribution < 1.29 is 9.90 Å². The Morgan fingerprint density at radius 2 is 2.44 bits per heavy atom. The van der Waals surface area contributed by atoms with Gasteiger partial charge in [-0.2, -0.15) is 5.10 Å². The predicted octanol–water partition coefficient (Wildman–Crippen LogP) is -0.693. The van der Waals surface area contributed by atoms with E-state index < -0.39 is 6.04 Å². The molecule has 1 amide bonds. The molecule has 0 aliphatic heterocycles. The van der Waals surface area contributed by atoms with Crippen molar-refractivity contribution in [1.29, 1.82) is 0 Å². The molecule has 0 spiro atoms. The molecule has 1 unspecified atom stereocenters. The number of nitrogens with one attached hydrogen (secondary N) is 1. The summed E-state index contributed by atoms with van der Waals surface area (Å²) in [5.74, 6) is -0.297. The zero-order chi connectivity index (χ0) is 12.1. The number of aryl methyl sites for hydroxylation is 1. The van der Waals surface area contributed by atoms with Crippen LogP contribution in [0.4, 0.5) is 0 Å². The molecule has 0 aliphatic rings. The second-order valence-electron chi connectivity index (χ2n) is 3.72. The Bertz CT molecular complexity index is 346. The van der Waals surface area contributed by atoms with Crippen molar-refractivity contribution in [3.05, 3.63) is 18.0 Å². The summed E-state index contributed by atoms with van der Waals surface area (Å²) >= 11 is 0. The van der Waals surface area contributed by atoms with Crippen LogP contribution in [0.3, 0.4) is 0 Å². The summed E-state index contributed by atoms with van der Waals surface area (Å²) in [6.45, 7) is 1.80. The highest BCUT2D eigenvalue weighted by molar-refractivity contribution is 5.83. The maximum Gasteiger partial charge on any atom is 0.241 e. The van der Waals surface area contributed by atoms with Crippen LogP contribution in [0.5, 0.6) is 0 Å². The Morgan fingerprint density at radius 1 is 1.75 bits per heavy atom. The summed E-state index contributed by atoms with van der Waals surface area (Å²) < 4.78 is 1.59. The third-order valence-corrected chi connectivity index (χ3v) is 2.43. The largest absolute Gasteiger partial charge is 0.394 e. The predicted molar refractivity (Wildman–Crippen MR) is 59.4 cm³/mol. The molecular weight excluding hydrogens is 208 g/mol. The number of aliphatic hydroxyl groups is 1. The van der Waals surface area contributed by atoms with Crippen LogP contribution in [0.25, 0.3) is 0 Å². The number of nitrogens with two attached hydrogens (primary N) is 1. The first kappa shape index (κ1) is 12.7. The fraction of sp³-hybridized carbons (Fsp3) is 0.600. The molecule has 0 saturated carbocycles. The van der Waals surface area contributed by atoms with Crippen molar-refractivity contribution in [2.24, 2.45) is 12.8 Å². The van der Waals surface area contributed by atoms with Crippen molar-refractivity contribution in [2.75, 3.05) is 6.61 Å². The van der Waals surface area contributed by atoms with Gasteiger partial charge in [0.05, 0.1) is 18.8 Å². The molecule has 1 rings (SSSR count). The van der Waals surface area contributed by atoms with Crippen LogP contribution in [0.1, 0.15) is 24.9 Å². The van der Waals surface area contributed by atoms with Crippen LogP contribution in [0.2, 0.25) is 0 Å². The Balaban J connectivity index is 2.60. The van der Waals surface area contributed by atoms with E-state index in [2.05, 4.69) is 10.4 Å². The van der Waals surface area contributed by atoms with Crippen molar-refractivity contribution in [3.63, 3.8) is 0 Å². The molecule has 4 N–H and O–H groups in total. The molecule has 1 aromatic heterocycles. The van der Waals surface area contributed by atoms with Gasteiger partial charge in [-0.05, 0) is 6.42 Å². The average molecular weight is 226 g/mol. The normalized spacial score (nSPS) is 14.5. The van der Waals surface area contributed by atoms with Crippen molar-refractivity contribution in [3.8, 4) is 0 Å². The quantitative estimate of drug-likeness (QED) is 0.619. The van der Waals surface area contributed by atoms with Gasteiger partial charge in [-0.15, -0.1) is 0 Å². The first-order valence-electron chi connectivity index (χ1n) is 5.23. The molecule has 0 aliphatic carbocycles. The van der Waals surface area contributed by atoms with Crippen LogP contribution in [-0.2, 0) is 11.8 Å². The molecule has 0 saturated heterocycles. The summed E-state index contributed by atoms with van der Waals surface area (Å²) in [5.41, 5.74) is 6.42. The van der Waals surface area contributed by atoms with Gasteiger partial charge in [-0.3, -0.25) is 9.48 Å². The maximum atomic E-state index is 11.7. The van der Waals surface area contributed by atoms with Crippen LogP contribution in [0, 0.1) is 0 Å². The van der Waals surface area contributed by atoms with Gasteiger partial charge in [-0.25, -0.2) is 0 Å². The van der Waals surface area contributed by atoms with Crippen molar-refractivity contribution in [1.82, 2.24) is 15.1 Å². The van der Waals surface area contributed by atoms with E-state index in [1.54, 1.807) is 24.1 Å². The van der Waals surface area contributed by atoms with E-state index in [1.807, 2.05) is 6.92 Å². The zero-order valence-electron chi connectivity index (χ0n) is 9.55. The maximum absolute atomic E-state index is 11.7. The topological polar surface area (TPSA) is 93.2 Å². The summed E-state index contributed by atoms with van der Waals surface area (Å²) in [4.78, 5) is 11.7. The lowest BCUT2D eigenvalue weighted by Gasteiger charge is -2.16. The van der Waals surface area contributed by atoms with Gasteiger partial charge < -0.3 is 16.2 Å². The molecule has 1 aromatic rings. The Hall–Kier alpha value is -1.40. The third-order valence-electron chi connectivity index (χ3n) is 2.43. The number of carbonyl (C=O) groups is 1. The molecule has 0 bridgehead atoms. The van der Waals surface area contributed by atoms with E-state index >= 15 is 0 Å². The SMILES string of the molecule is CC[C@H](CO)NC(=O)C(N)c1cnn(C)c1. The van der Waals surface area contributed by atoms with Crippen molar-refractivity contribution in [2.45, 2.75) is 25.4 Å². The van der Waals surface area contributed by atoms with Crippen LogP contribution < -0.4 is 11.1 Å². The highest BCUT2D eigenvalue weighted by Gasteiger charge is 2.19. The van der Waals surface area contributed by atoms with Gasteiger partial charge >= 0.3 is 0 Å². The smallest absolute Gasteiger partial charge is 0.241 e. The number of hydrogen-bond donors (Lipinski definition) is 3. The first-order valence-corrected chi connectivity index (χ1v) is 5.23. The molecule has 0 fully saturated rings. The molecule has 16 heavy (non-hydrogen) atoms. The Morgan fingerprint density at radius 3 is 2.88 bits per heavy atom. The van der Waals surface area contributed by atoms with Gasteiger partial charge in [0.2, 0.25) is 5.91 Å². The number of rotatable bonds is 5. The molecule has 2 atom stereocenters. The lowest BCUT2D eigenvalue weighted by atomic mass is 10.1. The lowest BCUT2D eigenvalue weighted by Crippen LogP contribution is -2.42. The number of hydrogen-bond acceptors (Lipinski definition) is 4. The second-order valence-corrected chi connectivity index (χ2v) is 3.72. The molecule has 0 aromatic carbocycles. The molecule has 0 radical (unpaired) electrons. The van der Waals surface area contributed by atoms with Crippen LogP contribution >= 0.6 is 0 Å². The van der Waals surface area contributed by atoms with E-state index in [0.717, 1.165) is 0 Å². The van der Waals surface area contributed by atoms with Crippen LogP contribution in [0.15, 0.2) is 12.4 Å². The summed E-state index contributed by atoms with van der Waals surface area (Å²) in [5, 5.41) is 15.6. The average Bonchev–Trinajstić information content (AvgIpc) is 2.71. The molecular formula is C10H18N4O2. The lowest BCUT2D eigenvalue weighted by molar-refractivity contribution is -0.123. The Labute approximate surface area is 94.4 Å². The minimum absolute atomic E-state index is 0.0813. The number of aromatic nitrogens is 2. The second kappa shape index (κ2) is 5.62. The van der Waals surface area contributed by atoms with Crippen LogP contribution in [-0.4, -0.2) is 33.4 Å². The van der Waals surface area contributed by atoms with E-state index in [4.69, 9.17) is 10.8 Å². The monoisotopic (exact) mass is 226 g/mol. The van der Waals surface area contributed by atoms with Gasteiger partial charge in [0.15, 0.2) is 0 Å². The highest BCUT2D eigenvalue weighted by Crippen LogP contribution is 2.08. The van der Waals surface area contributed by atoms with Gasteiger partial charge in [0.1, 0.15) is 6.04 Å². The minimum atomic E-state index is -0.741. The molecule has 6 heteroatoms. The number of amides is 1. The number of carbonyl (C=O) groups excluding carboxylic acids is 1. The molecule has 1 heterocycles.